The second kappa shape index (κ2) is 4.96. The molecule has 88 valence electrons. The fraction of sp³-hybridized carbons (Fsp3) is 0.500. The van der Waals surface area contributed by atoms with Gasteiger partial charge in [-0.3, -0.25) is 4.79 Å². The molecule has 2 N–H and O–H groups in total. The monoisotopic (exact) mass is 221 g/mol. The van der Waals surface area contributed by atoms with Crippen LogP contribution in [-0.4, -0.2) is 28.9 Å². The van der Waals surface area contributed by atoms with Crippen molar-refractivity contribution in [2.24, 2.45) is 0 Å². The lowest BCUT2D eigenvalue weighted by molar-refractivity contribution is 0.0740. The molecule has 0 aliphatic heterocycles. The lowest BCUT2D eigenvalue weighted by atomic mass is 10.1. The average Bonchev–Trinajstić information content (AvgIpc) is 2.24. The van der Waals surface area contributed by atoms with E-state index < -0.39 is 0 Å². The molecule has 0 aliphatic carbocycles. The molecule has 0 aliphatic rings. The Kier molecular flexibility index (Phi) is 3.88. The van der Waals surface area contributed by atoms with Crippen LogP contribution in [0.2, 0.25) is 0 Å². The van der Waals surface area contributed by atoms with Crippen molar-refractivity contribution in [1.29, 1.82) is 0 Å². The molecule has 0 spiro atoms. The van der Waals surface area contributed by atoms with Gasteiger partial charge in [0.15, 0.2) is 0 Å². The summed E-state index contributed by atoms with van der Waals surface area (Å²) in [6.45, 7) is 5.91. The molecule has 16 heavy (non-hydrogen) atoms. The molecule has 1 atom stereocenters. The molecule has 4 heteroatoms. The van der Waals surface area contributed by atoms with Gasteiger partial charge in [0.05, 0.1) is 0 Å². The third kappa shape index (κ3) is 2.72. The number of anilines is 1. The number of carbonyl (C=O) groups excluding carboxylic acids is 1. The van der Waals surface area contributed by atoms with E-state index in [2.05, 4.69) is 11.9 Å². The molecule has 1 heterocycles. The van der Waals surface area contributed by atoms with E-state index in [1.54, 1.807) is 17.0 Å². The van der Waals surface area contributed by atoms with Crippen LogP contribution < -0.4 is 5.73 Å². The number of nitrogens with two attached hydrogens (primary N) is 1. The van der Waals surface area contributed by atoms with E-state index in [1.165, 1.54) is 0 Å². The Balaban J connectivity index is 2.96. The molecule has 1 amide bonds. The van der Waals surface area contributed by atoms with Crippen molar-refractivity contribution in [1.82, 2.24) is 9.88 Å². The van der Waals surface area contributed by atoms with Crippen molar-refractivity contribution in [2.75, 3.05) is 12.8 Å². The maximum atomic E-state index is 12.1. The van der Waals surface area contributed by atoms with Crippen molar-refractivity contribution in [3.63, 3.8) is 0 Å². The largest absolute Gasteiger partial charge is 0.384 e. The Bertz CT molecular complexity index is 370. The zero-order valence-corrected chi connectivity index (χ0v) is 10.3. The minimum atomic E-state index is -0.00782. The molecular weight excluding hydrogens is 202 g/mol. The number of carbonyl (C=O) groups is 1. The SMILES string of the molecule is CCC(C)N(C)C(=O)c1cc(C)nc(N)c1. The van der Waals surface area contributed by atoms with Crippen molar-refractivity contribution >= 4 is 11.7 Å². The second-order valence-corrected chi connectivity index (χ2v) is 4.10. The van der Waals surface area contributed by atoms with Gasteiger partial charge in [-0.2, -0.15) is 0 Å². The summed E-state index contributed by atoms with van der Waals surface area (Å²) < 4.78 is 0. The minimum absolute atomic E-state index is 0.00782. The number of aromatic nitrogens is 1. The standard InChI is InChI=1S/C12H19N3O/c1-5-9(3)15(4)12(16)10-6-8(2)14-11(13)7-10/h6-7,9H,5H2,1-4H3,(H2,13,14). The van der Waals surface area contributed by atoms with Gasteiger partial charge < -0.3 is 10.6 Å². The van der Waals surface area contributed by atoms with E-state index in [1.807, 2.05) is 20.9 Å². The third-order valence-electron chi connectivity index (χ3n) is 2.79. The van der Waals surface area contributed by atoms with Crippen LogP contribution in [0.25, 0.3) is 0 Å². The van der Waals surface area contributed by atoms with Crippen LogP contribution in [0.3, 0.4) is 0 Å². The van der Waals surface area contributed by atoms with E-state index in [-0.39, 0.29) is 11.9 Å². The van der Waals surface area contributed by atoms with Gasteiger partial charge in [-0.1, -0.05) is 6.92 Å². The minimum Gasteiger partial charge on any atom is -0.384 e. The second-order valence-electron chi connectivity index (χ2n) is 4.10. The number of nitrogen functional groups attached to an aromatic ring is 1. The number of hydrogen-bond acceptors (Lipinski definition) is 3. The summed E-state index contributed by atoms with van der Waals surface area (Å²) in [5.74, 6) is 0.382. The maximum absolute atomic E-state index is 12.1. The molecule has 0 saturated heterocycles. The predicted molar refractivity (Wildman–Crippen MR) is 65.2 cm³/mol. The third-order valence-corrected chi connectivity index (χ3v) is 2.79. The topological polar surface area (TPSA) is 59.2 Å². The number of nitrogens with zero attached hydrogens (tertiary/aromatic N) is 2. The van der Waals surface area contributed by atoms with E-state index in [4.69, 9.17) is 5.73 Å². The summed E-state index contributed by atoms with van der Waals surface area (Å²) in [7, 11) is 1.81. The van der Waals surface area contributed by atoms with Crippen LogP contribution >= 0.6 is 0 Å². The average molecular weight is 221 g/mol. The van der Waals surface area contributed by atoms with Crippen LogP contribution in [0, 0.1) is 6.92 Å². The van der Waals surface area contributed by atoms with Gasteiger partial charge in [-0.05, 0) is 32.4 Å². The number of amides is 1. The molecule has 1 aromatic heterocycles. The Labute approximate surface area is 96.5 Å². The zero-order valence-electron chi connectivity index (χ0n) is 10.3. The van der Waals surface area contributed by atoms with E-state index in [0.29, 0.717) is 11.4 Å². The fourth-order valence-corrected chi connectivity index (χ4v) is 1.50. The summed E-state index contributed by atoms with van der Waals surface area (Å²) in [6, 6.07) is 3.60. The smallest absolute Gasteiger partial charge is 0.254 e. The highest BCUT2D eigenvalue weighted by molar-refractivity contribution is 5.95. The fourth-order valence-electron chi connectivity index (χ4n) is 1.50. The Morgan fingerprint density at radius 3 is 2.69 bits per heavy atom. The first-order chi connectivity index (χ1) is 7.45. The molecule has 0 aromatic carbocycles. The molecule has 1 aromatic rings. The first-order valence-electron chi connectivity index (χ1n) is 5.47. The lowest BCUT2D eigenvalue weighted by Crippen LogP contribution is -2.34. The van der Waals surface area contributed by atoms with Crippen molar-refractivity contribution in [2.45, 2.75) is 33.2 Å². The summed E-state index contributed by atoms with van der Waals surface area (Å²) >= 11 is 0. The van der Waals surface area contributed by atoms with Gasteiger partial charge in [0.2, 0.25) is 0 Å². The van der Waals surface area contributed by atoms with Gasteiger partial charge in [-0.25, -0.2) is 4.98 Å². The number of pyridine rings is 1. The van der Waals surface area contributed by atoms with E-state index in [9.17, 15) is 4.79 Å². The Hall–Kier alpha value is -1.58. The highest BCUT2D eigenvalue weighted by atomic mass is 16.2. The first kappa shape index (κ1) is 12.5. The normalized spacial score (nSPS) is 12.2. The molecule has 0 bridgehead atoms. The van der Waals surface area contributed by atoms with Crippen molar-refractivity contribution in [3.8, 4) is 0 Å². The summed E-state index contributed by atoms with van der Waals surface area (Å²) in [5, 5.41) is 0. The molecule has 0 radical (unpaired) electrons. The van der Waals surface area contributed by atoms with E-state index in [0.717, 1.165) is 12.1 Å². The van der Waals surface area contributed by atoms with Gasteiger partial charge in [-0.15, -0.1) is 0 Å². The molecule has 4 nitrogen and oxygen atoms in total. The number of hydrogen-bond donors (Lipinski definition) is 1. The highest BCUT2D eigenvalue weighted by Crippen LogP contribution is 2.12. The quantitative estimate of drug-likeness (QED) is 0.847. The summed E-state index contributed by atoms with van der Waals surface area (Å²) in [5.41, 5.74) is 6.99. The first-order valence-corrected chi connectivity index (χ1v) is 5.47. The van der Waals surface area contributed by atoms with Gasteiger partial charge in [0, 0.05) is 24.3 Å². The van der Waals surface area contributed by atoms with Crippen molar-refractivity contribution < 1.29 is 4.79 Å². The van der Waals surface area contributed by atoms with Gasteiger partial charge in [0.25, 0.3) is 5.91 Å². The molecule has 1 rings (SSSR count). The van der Waals surface area contributed by atoms with Crippen LogP contribution in [0.15, 0.2) is 12.1 Å². The Morgan fingerprint density at radius 1 is 1.56 bits per heavy atom. The highest BCUT2D eigenvalue weighted by Gasteiger charge is 2.16. The van der Waals surface area contributed by atoms with Crippen LogP contribution in [-0.2, 0) is 0 Å². The summed E-state index contributed by atoms with van der Waals surface area (Å²) in [6.07, 6.45) is 0.932. The van der Waals surface area contributed by atoms with Crippen LogP contribution in [0.1, 0.15) is 36.3 Å². The maximum Gasteiger partial charge on any atom is 0.254 e. The van der Waals surface area contributed by atoms with Gasteiger partial charge >= 0.3 is 0 Å². The lowest BCUT2D eigenvalue weighted by Gasteiger charge is -2.24. The predicted octanol–water partition coefficient (Wildman–Crippen LogP) is 1.84. The van der Waals surface area contributed by atoms with E-state index >= 15 is 0 Å². The molecule has 1 unspecified atom stereocenters. The molecule has 0 fully saturated rings. The van der Waals surface area contributed by atoms with Gasteiger partial charge in [0.1, 0.15) is 5.82 Å². The molecular formula is C12H19N3O. The zero-order chi connectivity index (χ0) is 12.3. The Morgan fingerprint density at radius 2 is 2.19 bits per heavy atom. The van der Waals surface area contributed by atoms with Crippen LogP contribution in [0.4, 0.5) is 5.82 Å². The number of aryl methyl sites for hydroxylation is 1. The van der Waals surface area contributed by atoms with Crippen molar-refractivity contribution in [3.05, 3.63) is 23.4 Å². The summed E-state index contributed by atoms with van der Waals surface area (Å²) in [4.78, 5) is 17.9. The van der Waals surface area contributed by atoms with Crippen LogP contribution in [0.5, 0.6) is 0 Å². The number of rotatable bonds is 3. The molecule has 0 saturated carbocycles.